The van der Waals surface area contributed by atoms with E-state index < -0.39 is 22.5 Å². The molecule has 0 unspecified atom stereocenters. The molecule has 1 N–H and O–H groups in total. The van der Waals surface area contributed by atoms with Crippen molar-refractivity contribution < 1.29 is 18.1 Å². The van der Waals surface area contributed by atoms with Gasteiger partial charge in [0, 0.05) is 36.8 Å². The number of aromatic nitrogens is 2. The summed E-state index contributed by atoms with van der Waals surface area (Å²) in [6.07, 6.45) is -2.01. The molecule has 0 saturated heterocycles. The number of aryl methyl sites for hydroxylation is 1. The Morgan fingerprint density at radius 1 is 1.10 bits per heavy atom. The van der Waals surface area contributed by atoms with Crippen LogP contribution in [-0.4, -0.2) is 21.9 Å². The number of hydrogen-bond acceptors (Lipinski definition) is 6. The molecule has 0 aliphatic rings. The minimum Gasteiger partial charge on any atom is -0.340 e. The van der Waals surface area contributed by atoms with Gasteiger partial charge in [-0.25, -0.2) is 4.98 Å². The second-order valence-corrected chi connectivity index (χ2v) is 6.83. The number of benzene rings is 2. The van der Waals surface area contributed by atoms with Gasteiger partial charge in [-0.15, -0.1) is 0 Å². The number of nitrogens with one attached hydrogen (secondary N) is 1. The first-order valence-electron chi connectivity index (χ1n) is 9.47. The molecule has 0 aliphatic carbocycles. The topological polar surface area (TPSA) is 84.2 Å². The Bertz CT molecular complexity index is 1050. The summed E-state index contributed by atoms with van der Waals surface area (Å²) in [5.74, 6) is -0.374. The second-order valence-electron chi connectivity index (χ2n) is 6.83. The lowest BCUT2D eigenvalue weighted by Gasteiger charge is -2.20. The number of nitro benzene ring substituents is 1. The summed E-state index contributed by atoms with van der Waals surface area (Å²) in [7, 11) is 1.66. The second kappa shape index (κ2) is 8.99. The van der Waals surface area contributed by atoms with Gasteiger partial charge in [0.15, 0.2) is 0 Å². The highest BCUT2D eigenvalue weighted by Crippen LogP contribution is 2.36. The van der Waals surface area contributed by atoms with Crippen molar-refractivity contribution in [2.24, 2.45) is 0 Å². The number of halogens is 3. The predicted octanol–water partition coefficient (Wildman–Crippen LogP) is 5.87. The Labute approximate surface area is 176 Å². The van der Waals surface area contributed by atoms with Crippen LogP contribution < -0.4 is 10.2 Å². The molecular weight excluding hydrogens is 411 g/mol. The smallest absolute Gasteiger partial charge is 0.340 e. The van der Waals surface area contributed by atoms with Crippen LogP contribution in [0, 0.1) is 10.1 Å². The molecule has 0 saturated carbocycles. The molecule has 0 radical (unpaired) electrons. The van der Waals surface area contributed by atoms with E-state index >= 15 is 0 Å². The first-order valence-corrected chi connectivity index (χ1v) is 9.47. The summed E-state index contributed by atoms with van der Waals surface area (Å²) in [4.78, 5) is 19.7. The van der Waals surface area contributed by atoms with Crippen molar-refractivity contribution in [3.63, 3.8) is 0 Å². The van der Waals surface area contributed by atoms with Crippen LogP contribution in [0.1, 0.15) is 24.5 Å². The SMILES string of the molecule is CCCc1ccc(N(C)c2ncc(C(F)(F)F)c(Nc3ccc([N+](=O)[O-])cc3)n2)cc1. The molecule has 10 heteroatoms. The van der Waals surface area contributed by atoms with E-state index in [0.717, 1.165) is 30.3 Å². The van der Waals surface area contributed by atoms with Crippen molar-refractivity contribution in [2.75, 3.05) is 17.3 Å². The van der Waals surface area contributed by atoms with Gasteiger partial charge in [0.25, 0.3) is 5.69 Å². The lowest BCUT2D eigenvalue weighted by atomic mass is 10.1. The zero-order chi connectivity index (χ0) is 22.6. The molecule has 3 rings (SSSR count). The maximum atomic E-state index is 13.5. The van der Waals surface area contributed by atoms with E-state index in [4.69, 9.17) is 0 Å². The molecule has 3 aromatic rings. The molecule has 0 spiro atoms. The fraction of sp³-hybridized carbons (Fsp3) is 0.238. The maximum absolute atomic E-state index is 13.5. The van der Waals surface area contributed by atoms with Gasteiger partial charge in [-0.05, 0) is 36.2 Å². The van der Waals surface area contributed by atoms with Gasteiger partial charge in [0.2, 0.25) is 5.95 Å². The number of hydrogen-bond donors (Lipinski definition) is 1. The zero-order valence-electron chi connectivity index (χ0n) is 16.8. The van der Waals surface area contributed by atoms with E-state index in [9.17, 15) is 23.3 Å². The van der Waals surface area contributed by atoms with Crippen molar-refractivity contribution in [1.82, 2.24) is 9.97 Å². The third-order valence-electron chi connectivity index (χ3n) is 4.58. The summed E-state index contributed by atoms with van der Waals surface area (Å²) in [6, 6.07) is 12.6. The van der Waals surface area contributed by atoms with Crippen LogP contribution >= 0.6 is 0 Å². The minimum absolute atomic E-state index is 0.0700. The molecule has 162 valence electrons. The number of nitrogens with zero attached hydrogens (tertiary/aromatic N) is 4. The van der Waals surface area contributed by atoms with Crippen molar-refractivity contribution >= 4 is 28.8 Å². The highest BCUT2D eigenvalue weighted by molar-refractivity contribution is 5.64. The lowest BCUT2D eigenvalue weighted by molar-refractivity contribution is -0.384. The Kier molecular flexibility index (Phi) is 6.38. The number of anilines is 4. The van der Waals surface area contributed by atoms with Gasteiger partial charge in [0.1, 0.15) is 11.4 Å². The lowest BCUT2D eigenvalue weighted by Crippen LogP contribution is -2.17. The molecular formula is C21H20F3N5O2. The first-order chi connectivity index (χ1) is 14.7. The van der Waals surface area contributed by atoms with E-state index in [0.29, 0.717) is 0 Å². The minimum atomic E-state index is -4.68. The summed E-state index contributed by atoms with van der Waals surface area (Å²) in [6.45, 7) is 2.08. The normalized spacial score (nSPS) is 11.3. The zero-order valence-corrected chi connectivity index (χ0v) is 16.8. The van der Waals surface area contributed by atoms with Crippen LogP contribution in [0.3, 0.4) is 0 Å². The van der Waals surface area contributed by atoms with E-state index in [2.05, 4.69) is 22.2 Å². The van der Waals surface area contributed by atoms with Crippen LogP contribution in [0.4, 0.5) is 42.0 Å². The van der Waals surface area contributed by atoms with Crippen LogP contribution in [0.5, 0.6) is 0 Å². The molecule has 7 nitrogen and oxygen atoms in total. The standard InChI is InChI=1S/C21H20F3N5O2/c1-3-4-14-5-9-16(10-6-14)28(2)20-25-13-18(21(22,23)24)19(27-20)26-15-7-11-17(12-8-15)29(30)31/h5-13H,3-4H2,1-2H3,(H,25,26,27). The fourth-order valence-electron chi connectivity index (χ4n) is 2.93. The molecule has 0 bridgehead atoms. The monoisotopic (exact) mass is 431 g/mol. The van der Waals surface area contributed by atoms with Gasteiger partial charge < -0.3 is 10.2 Å². The Balaban J connectivity index is 1.93. The maximum Gasteiger partial charge on any atom is 0.421 e. The number of non-ortho nitro benzene ring substituents is 1. The summed E-state index contributed by atoms with van der Waals surface area (Å²) >= 11 is 0. The average molecular weight is 431 g/mol. The van der Waals surface area contributed by atoms with E-state index in [1.165, 1.54) is 24.3 Å². The average Bonchev–Trinajstić information content (AvgIpc) is 2.73. The van der Waals surface area contributed by atoms with E-state index in [1.807, 2.05) is 24.3 Å². The van der Waals surface area contributed by atoms with E-state index in [-0.39, 0.29) is 17.3 Å². The summed E-state index contributed by atoms with van der Waals surface area (Å²) < 4.78 is 40.4. The van der Waals surface area contributed by atoms with Gasteiger partial charge in [-0.1, -0.05) is 25.5 Å². The van der Waals surface area contributed by atoms with Crippen molar-refractivity contribution in [1.29, 1.82) is 0 Å². The Morgan fingerprint density at radius 2 is 1.74 bits per heavy atom. The van der Waals surface area contributed by atoms with Crippen LogP contribution in [0.15, 0.2) is 54.7 Å². The number of rotatable bonds is 7. The van der Waals surface area contributed by atoms with Gasteiger partial charge in [-0.3, -0.25) is 10.1 Å². The highest BCUT2D eigenvalue weighted by Gasteiger charge is 2.35. The van der Waals surface area contributed by atoms with Crippen molar-refractivity contribution in [2.45, 2.75) is 25.9 Å². The van der Waals surface area contributed by atoms with Crippen LogP contribution in [-0.2, 0) is 12.6 Å². The molecule has 1 aromatic heterocycles. The van der Waals surface area contributed by atoms with Crippen molar-refractivity contribution in [3.8, 4) is 0 Å². The highest BCUT2D eigenvalue weighted by atomic mass is 19.4. The third kappa shape index (κ3) is 5.27. The Hall–Kier alpha value is -3.69. The molecule has 0 aliphatic heterocycles. The largest absolute Gasteiger partial charge is 0.421 e. The van der Waals surface area contributed by atoms with Crippen LogP contribution in [0.2, 0.25) is 0 Å². The third-order valence-corrected chi connectivity index (χ3v) is 4.58. The summed E-state index contributed by atoms with van der Waals surface area (Å²) in [5.41, 5.74) is 0.902. The quantitative estimate of drug-likeness (QED) is 0.372. The van der Waals surface area contributed by atoms with E-state index in [1.54, 1.807) is 11.9 Å². The number of nitro groups is 1. The van der Waals surface area contributed by atoms with Gasteiger partial charge in [0.05, 0.1) is 4.92 Å². The Morgan fingerprint density at radius 3 is 2.29 bits per heavy atom. The van der Waals surface area contributed by atoms with Crippen LogP contribution in [0.25, 0.3) is 0 Å². The predicted molar refractivity (Wildman–Crippen MR) is 112 cm³/mol. The molecule has 31 heavy (non-hydrogen) atoms. The van der Waals surface area contributed by atoms with Crippen molar-refractivity contribution in [3.05, 3.63) is 76.0 Å². The fourth-order valence-corrected chi connectivity index (χ4v) is 2.93. The molecule has 0 atom stereocenters. The van der Waals surface area contributed by atoms with Gasteiger partial charge >= 0.3 is 6.18 Å². The molecule has 0 amide bonds. The molecule has 1 heterocycles. The number of alkyl halides is 3. The summed E-state index contributed by atoms with van der Waals surface area (Å²) in [5, 5.41) is 13.4. The van der Waals surface area contributed by atoms with Gasteiger partial charge in [-0.2, -0.15) is 18.2 Å². The molecule has 0 fully saturated rings. The molecule has 2 aromatic carbocycles. The first kappa shape index (κ1) is 22.0.